The number of aromatic nitrogens is 1. The summed E-state index contributed by atoms with van der Waals surface area (Å²) < 4.78 is 0. The Balaban J connectivity index is 1.16. The van der Waals surface area contributed by atoms with Gasteiger partial charge in [-0.05, 0) is 61.9 Å². The number of carbonyl (C=O) groups excluding carboxylic acids is 4. The van der Waals surface area contributed by atoms with E-state index in [-0.39, 0.29) is 35.6 Å². The fraction of sp³-hybridized carbons (Fsp3) is 0.444. The topological polar surface area (TPSA) is 99.7 Å². The second-order valence-electron chi connectivity index (χ2n) is 9.72. The van der Waals surface area contributed by atoms with E-state index < -0.39 is 0 Å². The lowest BCUT2D eigenvalue weighted by Gasteiger charge is -2.32. The highest BCUT2D eigenvalue weighted by molar-refractivity contribution is 6.22. The number of nitrogens with one attached hydrogen (secondary N) is 1. The normalized spacial score (nSPS) is 19.1. The Morgan fingerprint density at radius 1 is 0.914 bits per heavy atom. The average molecular weight is 475 g/mol. The van der Waals surface area contributed by atoms with Crippen molar-refractivity contribution >= 4 is 23.6 Å². The van der Waals surface area contributed by atoms with Gasteiger partial charge in [0.05, 0.1) is 16.7 Å². The Labute approximate surface area is 204 Å². The second-order valence-corrected chi connectivity index (χ2v) is 9.72. The SMILES string of the molecule is O=C(NCC1CCN(C(=O)c2cccnc2)CC1)c1ccc2c(c1)C(=O)N(C1CCCCC1)C2=O. The first kappa shape index (κ1) is 23.2. The van der Waals surface area contributed by atoms with Crippen LogP contribution in [-0.2, 0) is 0 Å². The van der Waals surface area contributed by atoms with Crippen molar-refractivity contribution in [1.82, 2.24) is 20.1 Å². The van der Waals surface area contributed by atoms with Gasteiger partial charge in [-0.1, -0.05) is 19.3 Å². The summed E-state index contributed by atoms with van der Waals surface area (Å²) in [6.45, 7) is 1.79. The molecule has 3 aliphatic rings. The van der Waals surface area contributed by atoms with E-state index in [0.29, 0.717) is 41.9 Å². The van der Waals surface area contributed by atoms with Crippen molar-refractivity contribution in [3.63, 3.8) is 0 Å². The first-order valence-corrected chi connectivity index (χ1v) is 12.5. The molecule has 182 valence electrons. The van der Waals surface area contributed by atoms with Crippen LogP contribution in [0, 0.1) is 5.92 Å². The van der Waals surface area contributed by atoms with Crippen LogP contribution in [0.15, 0.2) is 42.7 Å². The predicted molar refractivity (Wildman–Crippen MR) is 129 cm³/mol. The summed E-state index contributed by atoms with van der Waals surface area (Å²) in [7, 11) is 0. The number of benzene rings is 1. The highest BCUT2D eigenvalue weighted by Gasteiger charge is 2.40. The molecule has 1 saturated heterocycles. The molecule has 1 aliphatic carbocycles. The minimum Gasteiger partial charge on any atom is -0.352 e. The van der Waals surface area contributed by atoms with Crippen LogP contribution >= 0.6 is 0 Å². The molecule has 1 N–H and O–H groups in total. The summed E-state index contributed by atoms with van der Waals surface area (Å²) in [5, 5.41) is 2.97. The molecule has 35 heavy (non-hydrogen) atoms. The molecule has 1 aromatic heterocycles. The highest BCUT2D eigenvalue weighted by atomic mass is 16.2. The van der Waals surface area contributed by atoms with Crippen molar-refractivity contribution in [3.05, 3.63) is 65.0 Å². The van der Waals surface area contributed by atoms with Crippen LogP contribution in [0.4, 0.5) is 0 Å². The maximum absolute atomic E-state index is 13.0. The molecule has 5 rings (SSSR count). The van der Waals surface area contributed by atoms with Gasteiger partial charge in [-0.15, -0.1) is 0 Å². The molecule has 0 radical (unpaired) electrons. The fourth-order valence-corrected chi connectivity index (χ4v) is 5.42. The number of likely N-dealkylation sites (tertiary alicyclic amines) is 1. The van der Waals surface area contributed by atoms with Crippen LogP contribution in [0.5, 0.6) is 0 Å². The summed E-state index contributed by atoms with van der Waals surface area (Å²) in [5.74, 6) is -0.511. The van der Waals surface area contributed by atoms with Gasteiger partial charge in [0.2, 0.25) is 0 Å². The lowest BCUT2D eigenvalue weighted by Crippen LogP contribution is -2.41. The number of fused-ring (bicyclic) bond motifs is 1. The molecule has 0 atom stereocenters. The molecule has 2 aromatic rings. The van der Waals surface area contributed by atoms with E-state index in [1.165, 1.54) is 4.90 Å². The Kier molecular flexibility index (Phi) is 6.61. The van der Waals surface area contributed by atoms with E-state index in [1.54, 1.807) is 42.7 Å². The van der Waals surface area contributed by atoms with E-state index >= 15 is 0 Å². The number of hydrogen-bond acceptors (Lipinski definition) is 5. The lowest BCUT2D eigenvalue weighted by atomic mass is 9.94. The number of hydrogen-bond donors (Lipinski definition) is 1. The van der Waals surface area contributed by atoms with E-state index in [9.17, 15) is 19.2 Å². The minimum atomic E-state index is -0.280. The lowest BCUT2D eigenvalue weighted by molar-refractivity contribution is 0.0548. The van der Waals surface area contributed by atoms with Gasteiger partial charge in [0.15, 0.2) is 0 Å². The van der Waals surface area contributed by atoms with Gasteiger partial charge in [-0.25, -0.2) is 0 Å². The number of imide groups is 1. The second kappa shape index (κ2) is 9.98. The van der Waals surface area contributed by atoms with Crippen LogP contribution in [0.2, 0.25) is 0 Å². The van der Waals surface area contributed by atoms with Gasteiger partial charge in [0.25, 0.3) is 23.6 Å². The third kappa shape index (κ3) is 4.70. The summed E-state index contributed by atoms with van der Waals surface area (Å²) in [6, 6.07) is 8.28. The number of pyridine rings is 1. The third-order valence-corrected chi connectivity index (χ3v) is 7.48. The average Bonchev–Trinajstić information content (AvgIpc) is 3.17. The first-order chi connectivity index (χ1) is 17.0. The Bertz CT molecular complexity index is 1140. The van der Waals surface area contributed by atoms with Crippen molar-refractivity contribution in [2.24, 2.45) is 5.92 Å². The number of amides is 4. The quantitative estimate of drug-likeness (QED) is 0.671. The Hall–Kier alpha value is -3.55. The van der Waals surface area contributed by atoms with Crippen LogP contribution in [-0.4, -0.2) is 64.1 Å². The zero-order chi connectivity index (χ0) is 24.4. The zero-order valence-corrected chi connectivity index (χ0v) is 19.7. The fourth-order valence-electron chi connectivity index (χ4n) is 5.42. The summed E-state index contributed by atoms with van der Waals surface area (Å²) >= 11 is 0. The Morgan fingerprint density at radius 3 is 2.37 bits per heavy atom. The predicted octanol–water partition coefficient (Wildman–Crippen LogP) is 3.29. The molecule has 1 aromatic carbocycles. The van der Waals surface area contributed by atoms with Crippen molar-refractivity contribution in [3.8, 4) is 0 Å². The molecule has 4 amide bonds. The summed E-state index contributed by atoms with van der Waals surface area (Å²) in [6.07, 6.45) is 9.75. The maximum Gasteiger partial charge on any atom is 0.261 e. The van der Waals surface area contributed by atoms with Crippen molar-refractivity contribution < 1.29 is 19.2 Å². The first-order valence-electron chi connectivity index (χ1n) is 12.5. The van der Waals surface area contributed by atoms with Crippen LogP contribution in [0.1, 0.15) is 86.4 Å². The largest absolute Gasteiger partial charge is 0.352 e. The molecular formula is C27H30N4O4. The zero-order valence-electron chi connectivity index (χ0n) is 19.7. The Morgan fingerprint density at radius 2 is 1.66 bits per heavy atom. The summed E-state index contributed by atoms with van der Waals surface area (Å²) in [5.41, 5.74) is 1.70. The molecule has 8 heteroatoms. The van der Waals surface area contributed by atoms with Crippen LogP contribution in [0.3, 0.4) is 0 Å². The van der Waals surface area contributed by atoms with E-state index in [2.05, 4.69) is 10.3 Å². The standard InChI is InChI=1S/C27H30N4O4/c32-24(29-16-18-10-13-30(14-11-18)25(33)20-5-4-12-28-17-20)19-8-9-22-23(15-19)27(35)31(26(22)34)21-6-2-1-3-7-21/h4-5,8-9,12,15,17-18,21H,1-3,6-7,10-11,13-14,16H2,(H,29,32). The molecular weight excluding hydrogens is 444 g/mol. The van der Waals surface area contributed by atoms with Crippen molar-refractivity contribution in [2.45, 2.75) is 51.0 Å². The van der Waals surface area contributed by atoms with Gasteiger partial charge in [0.1, 0.15) is 0 Å². The molecule has 0 bridgehead atoms. The van der Waals surface area contributed by atoms with Crippen molar-refractivity contribution in [2.75, 3.05) is 19.6 Å². The molecule has 2 fully saturated rings. The smallest absolute Gasteiger partial charge is 0.261 e. The van der Waals surface area contributed by atoms with Gasteiger partial charge in [-0.2, -0.15) is 0 Å². The van der Waals surface area contributed by atoms with Gasteiger partial charge < -0.3 is 10.2 Å². The van der Waals surface area contributed by atoms with Gasteiger partial charge in [0, 0.05) is 43.6 Å². The monoisotopic (exact) mass is 474 g/mol. The molecule has 1 saturated carbocycles. The van der Waals surface area contributed by atoms with Gasteiger partial charge in [-0.3, -0.25) is 29.1 Å². The highest BCUT2D eigenvalue weighted by Crippen LogP contribution is 2.31. The van der Waals surface area contributed by atoms with E-state index in [0.717, 1.165) is 44.9 Å². The molecule has 0 spiro atoms. The molecule has 8 nitrogen and oxygen atoms in total. The minimum absolute atomic E-state index is 0.0137. The van der Waals surface area contributed by atoms with Crippen molar-refractivity contribution in [1.29, 1.82) is 0 Å². The molecule has 0 unspecified atom stereocenters. The number of rotatable bonds is 5. The van der Waals surface area contributed by atoms with E-state index in [4.69, 9.17) is 0 Å². The maximum atomic E-state index is 13.0. The van der Waals surface area contributed by atoms with E-state index in [1.807, 2.05) is 4.90 Å². The number of nitrogens with zero attached hydrogens (tertiary/aromatic N) is 3. The summed E-state index contributed by atoms with van der Waals surface area (Å²) in [4.78, 5) is 58.5. The van der Waals surface area contributed by atoms with Crippen LogP contribution in [0.25, 0.3) is 0 Å². The van der Waals surface area contributed by atoms with Crippen LogP contribution < -0.4 is 5.32 Å². The molecule has 2 aliphatic heterocycles. The van der Waals surface area contributed by atoms with Gasteiger partial charge >= 0.3 is 0 Å². The number of piperidine rings is 1. The third-order valence-electron chi connectivity index (χ3n) is 7.48. The molecule has 3 heterocycles. The number of carbonyl (C=O) groups is 4.